The number of aryl methyl sites for hydroxylation is 1. The van der Waals surface area contributed by atoms with E-state index >= 15 is 0 Å². The molecule has 2 heterocycles. The highest BCUT2D eigenvalue weighted by Gasteiger charge is 2.36. The van der Waals surface area contributed by atoms with E-state index in [2.05, 4.69) is 15.2 Å². The van der Waals surface area contributed by atoms with Crippen molar-refractivity contribution in [2.45, 2.75) is 31.2 Å². The molecule has 8 heteroatoms. The molecule has 1 fully saturated rings. The van der Waals surface area contributed by atoms with E-state index in [0.29, 0.717) is 16.7 Å². The maximum Gasteiger partial charge on any atom is 0.261 e. The predicted octanol–water partition coefficient (Wildman–Crippen LogP) is 3.94. The average molecular weight is 380 g/mol. The molecule has 1 aliphatic rings. The highest BCUT2D eigenvalue weighted by atomic mass is 35.5. The minimum Gasteiger partial charge on any atom is -0.334 e. The lowest BCUT2D eigenvalue weighted by molar-refractivity contribution is 0.372. The van der Waals surface area contributed by atoms with Crippen LogP contribution in [0.4, 0.5) is 0 Å². The molecule has 0 spiro atoms. The summed E-state index contributed by atoms with van der Waals surface area (Å²) >= 11 is 6.32. The van der Waals surface area contributed by atoms with Gasteiger partial charge in [-0.05, 0) is 18.9 Å². The molecule has 2 aromatic heterocycles. The molecule has 1 aliphatic carbocycles. The fourth-order valence-corrected chi connectivity index (χ4v) is 3.49. The summed E-state index contributed by atoms with van der Waals surface area (Å²) in [5.41, 5.74) is 8.25. The Morgan fingerprint density at radius 3 is 2.64 bits per heavy atom. The standard InChI is InChI=1S/C17H18ClN5O.ClH/c1-23-10-12(14(21-23)11-6-2-3-7-13(11)18)15-20-16(22-24-15)17(19)8-4-5-9-17;/h2-3,6-7,10H,4-5,8-9,19H2,1H3;1H. The summed E-state index contributed by atoms with van der Waals surface area (Å²) in [6.07, 6.45) is 5.82. The van der Waals surface area contributed by atoms with Gasteiger partial charge >= 0.3 is 0 Å². The second-order valence-electron chi connectivity index (χ2n) is 6.33. The van der Waals surface area contributed by atoms with E-state index in [9.17, 15) is 0 Å². The Bertz CT molecular complexity index is 883. The summed E-state index contributed by atoms with van der Waals surface area (Å²) in [6, 6.07) is 7.57. The van der Waals surface area contributed by atoms with Crippen LogP contribution in [0.5, 0.6) is 0 Å². The first-order valence-corrected chi connectivity index (χ1v) is 8.37. The molecule has 1 saturated carbocycles. The molecule has 0 saturated heterocycles. The van der Waals surface area contributed by atoms with E-state index in [1.54, 1.807) is 4.68 Å². The number of halogens is 2. The van der Waals surface area contributed by atoms with Crippen LogP contribution >= 0.6 is 24.0 Å². The predicted molar refractivity (Wildman–Crippen MR) is 98.5 cm³/mol. The van der Waals surface area contributed by atoms with Gasteiger partial charge in [-0.2, -0.15) is 10.1 Å². The number of nitrogens with zero attached hydrogens (tertiary/aromatic N) is 4. The van der Waals surface area contributed by atoms with Crippen LogP contribution in [0.3, 0.4) is 0 Å². The van der Waals surface area contributed by atoms with E-state index in [1.807, 2.05) is 37.5 Å². The van der Waals surface area contributed by atoms with Gasteiger partial charge in [-0.1, -0.05) is 47.8 Å². The molecule has 132 valence electrons. The van der Waals surface area contributed by atoms with Crippen molar-refractivity contribution in [3.05, 3.63) is 41.3 Å². The lowest BCUT2D eigenvalue weighted by atomic mass is 9.98. The molecule has 2 N–H and O–H groups in total. The number of aromatic nitrogens is 4. The van der Waals surface area contributed by atoms with Crippen molar-refractivity contribution in [2.24, 2.45) is 12.8 Å². The summed E-state index contributed by atoms with van der Waals surface area (Å²) < 4.78 is 7.22. The Balaban J connectivity index is 0.00000182. The molecule has 0 unspecified atom stereocenters. The van der Waals surface area contributed by atoms with Gasteiger partial charge in [-0.3, -0.25) is 4.68 Å². The molecule has 0 bridgehead atoms. The number of hydrogen-bond donors (Lipinski definition) is 1. The van der Waals surface area contributed by atoms with Gasteiger partial charge in [0.05, 0.1) is 16.1 Å². The van der Waals surface area contributed by atoms with Crippen LogP contribution in [0.25, 0.3) is 22.7 Å². The zero-order valence-electron chi connectivity index (χ0n) is 13.8. The van der Waals surface area contributed by atoms with Gasteiger partial charge < -0.3 is 10.3 Å². The third kappa shape index (κ3) is 3.17. The van der Waals surface area contributed by atoms with Crippen LogP contribution in [-0.2, 0) is 12.6 Å². The number of nitrogens with two attached hydrogens (primary N) is 1. The molecule has 25 heavy (non-hydrogen) atoms. The maximum absolute atomic E-state index is 6.42. The third-order valence-electron chi connectivity index (χ3n) is 4.56. The third-order valence-corrected chi connectivity index (χ3v) is 4.88. The first-order chi connectivity index (χ1) is 11.6. The topological polar surface area (TPSA) is 82.8 Å². The summed E-state index contributed by atoms with van der Waals surface area (Å²) in [4.78, 5) is 4.56. The van der Waals surface area contributed by atoms with Crippen molar-refractivity contribution >= 4 is 24.0 Å². The Kier molecular flexibility index (Phi) is 4.86. The summed E-state index contributed by atoms with van der Waals surface area (Å²) in [6.45, 7) is 0. The molecule has 0 radical (unpaired) electrons. The van der Waals surface area contributed by atoms with Crippen molar-refractivity contribution < 1.29 is 4.52 Å². The second-order valence-corrected chi connectivity index (χ2v) is 6.74. The number of hydrogen-bond acceptors (Lipinski definition) is 5. The molecule has 3 aromatic rings. The Morgan fingerprint density at radius 1 is 1.20 bits per heavy atom. The van der Waals surface area contributed by atoms with E-state index in [1.165, 1.54) is 0 Å². The van der Waals surface area contributed by atoms with Crippen LogP contribution in [0.1, 0.15) is 31.5 Å². The van der Waals surface area contributed by atoms with Crippen LogP contribution in [0.15, 0.2) is 35.0 Å². The lowest BCUT2D eigenvalue weighted by Gasteiger charge is -2.17. The first kappa shape index (κ1) is 17.9. The highest BCUT2D eigenvalue weighted by molar-refractivity contribution is 6.33. The van der Waals surface area contributed by atoms with Crippen molar-refractivity contribution in [3.8, 4) is 22.7 Å². The zero-order chi connectivity index (χ0) is 16.7. The van der Waals surface area contributed by atoms with Crippen LogP contribution in [-0.4, -0.2) is 19.9 Å². The number of benzene rings is 1. The molecule has 0 amide bonds. The van der Waals surface area contributed by atoms with Gasteiger partial charge in [-0.15, -0.1) is 12.4 Å². The van der Waals surface area contributed by atoms with E-state index in [-0.39, 0.29) is 12.4 Å². The fraction of sp³-hybridized carbons (Fsp3) is 0.353. The highest BCUT2D eigenvalue weighted by Crippen LogP contribution is 2.37. The largest absolute Gasteiger partial charge is 0.334 e. The monoisotopic (exact) mass is 379 g/mol. The van der Waals surface area contributed by atoms with Crippen LogP contribution in [0.2, 0.25) is 5.02 Å². The Hall–Kier alpha value is -1.89. The van der Waals surface area contributed by atoms with E-state index in [4.69, 9.17) is 21.9 Å². The van der Waals surface area contributed by atoms with Gasteiger partial charge in [-0.25, -0.2) is 0 Å². The first-order valence-electron chi connectivity index (χ1n) is 7.99. The number of rotatable bonds is 3. The SMILES string of the molecule is Cl.Cn1cc(-c2nc(C3(N)CCCC3)no2)c(-c2ccccc2Cl)n1. The molecule has 0 aliphatic heterocycles. The fourth-order valence-electron chi connectivity index (χ4n) is 3.26. The van der Waals surface area contributed by atoms with Crippen molar-refractivity contribution in [1.29, 1.82) is 0 Å². The summed E-state index contributed by atoms with van der Waals surface area (Å²) in [5, 5.41) is 9.28. The quantitative estimate of drug-likeness (QED) is 0.744. The minimum atomic E-state index is -0.478. The Morgan fingerprint density at radius 2 is 1.92 bits per heavy atom. The van der Waals surface area contributed by atoms with Gasteiger partial charge in [0, 0.05) is 18.8 Å². The summed E-state index contributed by atoms with van der Waals surface area (Å²) in [7, 11) is 1.85. The van der Waals surface area contributed by atoms with Crippen molar-refractivity contribution in [2.75, 3.05) is 0 Å². The average Bonchev–Trinajstić information content (AvgIpc) is 3.27. The molecule has 4 rings (SSSR count). The van der Waals surface area contributed by atoms with Gasteiger partial charge in [0.1, 0.15) is 5.69 Å². The summed E-state index contributed by atoms with van der Waals surface area (Å²) in [5.74, 6) is 0.994. The normalized spacial score (nSPS) is 16.0. The lowest BCUT2D eigenvalue weighted by Crippen LogP contribution is -2.34. The zero-order valence-corrected chi connectivity index (χ0v) is 15.3. The van der Waals surface area contributed by atoms with Crippen molar-refractivity contribution in [1.82, 2.24) is 19.9 Å². The van der Waals surface area contributed by atoms with E-state index < -0.39 is 5.54 Å². The van der Waals surface area contributed by atoms with Gasteiger partial charge in [0.25, 0.3) is 5.89 Å². The van der Waals surface area contributed by atoms with Gasteiger partial charge in [0.15, 0.2) is 5.82 Å². The van der Waals surface area contributed by atoms with Crippen LogP contribution in [0, 0.1) is 0 Å². The maximum atomic E-state index is 6.42. The smallest absolute Gasteiger partial charge is 0.261 e. The minimum absolute atomic E-state index is 0. The Labute approximate surface area is 156 Å². The molecule has 0 atom stereocenters. The van der Waals surface area contributed by atoms with Crippen molar-refractivity contribution in [3.63, 3.8) is 0 Å². The second kappa shape index (κ2) is 6.78. The molecule has 6 nitrogen and oxygen atoms in total. The molecule has 1 aromatic carbocycles. The van der Waals surface area contributed by atoms with Gasteiger partial charge in [0.2, 0.25) is 0 Å². The van der Waals surface area contributed by atoms with E-state index in [0.717, 1.165) is 42.5 Å². The molecular weight excluding hydrogens is 361 g/mol. The molecular formula is C17H19Cl2N5O. The van der Waals surface area contributed by atoms with Crippen LogP contribution < -0.4 is 5.73 Å².